The molecule has 0 radical (unpaired) electrons. The second kappa shape index (κ2) is 6.92. The topological polar surface area (TPSA) is 42.2 Å². The van der Waals surface area contributed by atoms with Gasteiger partial charge in [0.05, 0.1) is 18.2 Å². The molecule has 0 bridgehead atoms. The number of rotatable bonds is 5. The zero-order valence-electron chi connectivity index (χ0n) is 15.2. The van der Waals surface area contributed by atoms with E-state index in [0.29, 0.717) is 6.54 Å². The molecule has 4 nitrogen and oxygen atoms in total. The van der Waals surface area contributed by atoms with Crippen LogP contribution < -0.4 is 4.90 Å². The predicted molar refractivity (Wildman–Crippen MR) is 107 cm³/mol. The highest BCUT2D eigenvalue weighted by molar-refractivity contribution is 7.18. The summed E-state index contributed by atoms with van der Waals surface area (Å²) in [6, 6.07) is 14.3. The zero-order valence-corrected chi connectivity index (χ0v) is 16.0. The third kappa shape index (κ3) is 3.22. The van der Waals surface area contributed by atoms with Gasteiger partial charge in [0.15, 0.2) is 0 Å². The lowest BCUT2D eigenvalue weighted by Gasteiger charge is -2.19. The molecule has 0 unspecified atom stereocenters. The lowest BCUT2D eigenvalue weighted by molar-refractivity contribution is 0.507. The fourth-order valence-electron chi connectivity index (χ4n) is 3.12. The molecule has 1 aromatic carbocycles. The van der Waals surface area contributed by atoms with Gasteiger partial charge in [-0.3, -0.25) is 0 Å². The number of anilines is 1. The molecule has 4 aromatic rings. The Labute approximate surface area is 157 Å². The molecule has 26 heavy (non-hydrogen) atoms. The van der Waals surface area contributed by atoms with E-state index in [0.717, 1.165) is 34.0 Å². The number of hydrogen-bond acceptors (Lipinski definition) is 5. The minimum atomic E-state index is 0.679. The van der Waals surface area contributed by atoms with Gasteiger partial charge in [-0.15, -0.1) is 11.3 Å². The number of benzene rings is 1. The molecule has 4 rings (SSSR count). The quantitative estimate of drug-likeness (QED) is 0.493. The highest BCUT2D eigenvalue weighted by Gasteiger charge is 2.18. The molecular weight excluding hydrogens is 342 g/mol. The number of furan rings is 1. The van der Waals surface area contributed by atoms with Crippen molar-refractivity contribution < 1.29 is 4.42 Å². The second-order valence-corrected chi connectivity index (χ2v) is 7.73. The molecule has 132 valence electrons. The van der Waals surface area contributed by atoms with Crippen LogP contribution in [0.25, 0.3) is 10.2 Å². The molecule has 0 saturated carbocycles. The molecule has 0 aliphatic carbocycles. The predicted octanol–water partition coefficient (Wildman–Crippen LogP) is 5.13. The Morgan fingerprint density at radius 2 is 1.85 bits per heavy atom. The maximum Gasteiger partial charge on any atom is 0.141 e. The first-order valence-electron chi connectivity index (χ1n) is 8.66. The van der Waals surface area contributed by atoms with Gasteiger partial charge >= 0.3 is 0 Å². The van der Waals surface area contributed by atoms with Crippen molar-refractivity contribution >= 4 is 27.4 Å². The molecule has 0 amide bonds. The maximum absolute atomic E-state index is 5.52. The van der Waals surface area contributed by atoms with Crippen molar-refractivity contribution in [2.24, 2.45) is 0 Å². The van der Waals surface area contributed by atoms with Crippen LogP contribution in [0.5, 0.6) is 0 Å². The van der Waals surface area contributed by atoms with E-state index in [1.54, 1.807) is 17.6 Å². The van der Waals surface area contributed by atoms with E-state index >= 15 is 0 Å². The molecule has 0 aliphatic heterocycles. The highest BCUT2D eigenvalue weighted by atomic mass is 32.1. The van der Waals surface area contributed by atoms with Crippen LogP contribution in [-0.2, 0) is 13.0 Å². The first-order chi connectivity index (χ1) is 12.6. The minimum Gasteiger partial charge on any atom is -0.467 e. The number of nitrogens with zero attached hydrogens (tertiary/aromatic N) is 3. The summed E-state index contributed by atoms with van der Waals surface area (Å²) in [5.74, 6) is 2.75. The van der Waals surface area contributed by atoms with Gasteiger partial charge in [-0.2, -0.15) is 0 Å². The summed E-state index contributed by atoms with van der Waals surface area (Å²) in [7, 11) is 2.06. The third-order valence-corrected chi connectivity index (χ3v) is 5.70. The largest absolute Gasteiger partial charge is 0.467 e. The van der Waals surface area contributed by atoms with Crippen molar-refractivity contribution in [3.63, 3.8) is 0 Å². The number of fused-ring (bicyclic) bond motifs is 1. The lowest BCUT2D eigenvalue weighted by Crippen LogP contribution is -2.19. The molecule has 3 heterocycles. The molecule has 0 atom stereocenters. The van der Waals surface area contributed by atoms with Crippen molar-refractivity contribution in [1.29, 1.82) is 0 Å². The zero-order chi connectivity index (χ0) is 18.1. The first-order valence-corrected chi connectivity index (χ1v) is 9.47. The van der Waals surface area contributed by atoms with Crippen molar-refractivity contribution in [2.45, 2.75) is 26.8 Å². The summed E-state index contributed by atoms with van der Waals surface area (Å²) < 4.78 is 5.52. The molecule has 0 aliphatic rings. The van der Waals surface area contributed by atoms with Gasteiger partial charge in [0.25, 0.3) is 0 Å². The maximum atomic E-state index is 5.52. The lowest BCUT2D eigenvalue weighted by atomic mass is 10.1. The summed E-state index contributed by atoms with van der Waals surface area (Å²) in [5, 5.41) is 1.15. The molecule has 0 saturated heterocycles. The molecule has 0 N–H and O–H groups in total. The van der Waals surface area contributed by atoms with Gasteiger partial charge < -0.3 is 9.32 Å². The number of aryl methyl sites for hydroxylation is 2. The minimum absolute atomic E-state index is 0.679. The Bertz CT molecular complexity index is 1020. The van der Waals surface area contributed by atoms with E-state index in [1.807, 2.05) is 18.2 Å². The Morgan fingerprint density at radius 1 is 1.04 bits per heavy atom. The van der Waals surface area contributed by atoms with Gasteiger partial charge in [-0.25, -0.2) is 9.97 Å². The van der Waals surface area contributed by atoms with Crippen molar-refractivity contribution in [3.8, 4) is 0 Å². The number of aromatic nitrogens is 2. The van der Waals surface area contributed by atoms with Crippen LogP contribution in [0, 0.1) is 13.8 Å². The van der Waals surface area contributed by atoms with E-state index in [9.17, 15) is 0 Å². The molecule has 0 spiro atoms. The third-order valence-electron chi connectivity index (χ3n) is 4.60. The van der Waals surface area contributed by atoms with E-state index in [1.165, 1.54) is 16.0 Å². The SMILES string of the molecule is Cc1sc2nc(Cc3ccccc3)nc(N(C)Cc3ccco3)c2c1C. The van der Waals surface area contributed by atoms with Gasteiger partial charge in [-0.05, 0) is 37.1 Å². The van der Waals surface area contributed by atoms with Gasteiger partial charge in [-0.1, -0.05) is 30.3 Å². The van der Waals surface area contributed by atoms with Gasteiger partial charge in [0.1, 0.15) is 22.2 Å². The van der Waals surface area contributed by atoms with E-state index < -0.39 is 0 Å². The smallest absolute Gasteiger partial charge is 0.141 e. The standard InChI is InChI=1S/C21H21N3OS/c1-14-15(2)26-21-19(14)20(24(3)13-17-10-7-11-25-17)22-18(23-21)12-16-8-5-4-6-9-16/h4-11H,12-13H2,1-3H3. The fraction of sp³-hybridized carbons (Fsp3) is 0.238. The fourth-order valence-corrected chi connectivity index (χ4v) is 4.16. The Balaban J connectivity index is 1.78. The first kappa shape index (κ1) is 16.8. The van der Waals surface area contributed by atoms with Crippen molar-refractivity contribution in [2.75, 3.05) is 11.9 Å². The van der Waals surface area contributed by atoms with E-state index in [2.05, 4.69) is 50.1 Å². The summed E-state index contributed by atoms with van der Waals surface area (Å²) in [4.78, 5) is 14.3. The van der Waals surface area contributed by atoms with Crippen LogP contribution in [0.15, 0.2) is 53.1 Å². The van der Waals surface area contributed by atoms with Gasteiger partial charge in [0, 0.05) is 18.3 Å². The average molecular weight is 363 g/mol. The Morgan fingerprint density at radius 3 is 2.58 bits per heavy atom. The van der Waals surface area contributed by atoms with Crippen LogP contribution in [0.2, 0.25) is 0 Å². The van der Waals surface area contributed by atoms with E-state index in [-0.39, 0.29) is 0 Å². The van der Waals surface area contributed by atoms with Crippen LogP contribution in [-0.4, -0.2) is 17.0 Å². The van der Waals surface area contributed by atoms with Gasteiger partial charge in [0.2, 0.25) is 0 Å². The Hall–Kier alpha value is -2.66. The van der Waals surface area contributed by atoms with Crippen LogP contribution >= 0.6 is 11.3 Å². The van der Waals surface area contributed by atoms with Crippen molar-refractivity contribution in [1.82, 2.24) is 9.97 Å². The van der Waals surface area contributed by atoms with Crippen LogP contribution in [0.4, 0.5) is 5.82 Å². The molecule has 0 fully saturated rings. The van der Waals surface area contributed by atoms with Crippen LogP contribution in [0.3, 0.4) is 0 Å². The highest BCUT2D eigenvalue weighted by Crippen LogP contribution is 2.35. The van der Waals surface area contributed by atoms with Crippen LogP contribution in [0.1, 0.15) is 27.6 Å². The van der Waals surface area contributed by atoms with E-state index in [4.69, 9.17) is 14.4 Å². The molecule has 3 aromatic heterocycles. The second-order valence-electron chi connectivity index (χ2n) is 6.52. The number of hydrogen-bond donors (Lipinski definition) is 0. The summed E-state index contributed by atoms with van der Waals surface area (Å²) in [6.45, 7) is 4.98. The Kier molecular flexibility index (Phi) is 4.47. The average Bonchev–Trinajstić information content (AvgIpc) is 3.24. The monoisotopic (exact) mass is 363 g/mol. The summed E-state index contributed by atoms with van der Waals surface area (Å²) in [5.41, 5.74) is 2.48. The number of thiophene rings is 1. The normalized spacial score (nSPS) is 11.2. The summed E-state index contributed by atoms with van der Waals surface area (Å²) in [6.07, 6.45) is 2.44. The molecule has 5 heteroatoms. The van der Waals surface area contributed by atoms with Crippen molar-refractivity contribution in [3.05, 3.63) is 76.3 Å². The molecular formula is C21H21N3OS. The summed E-state index contributed by atoms with van der Waals surface area (Å²) >= 11 is 1.74.